The lowest BCUT2D eigenvalue weighted by molar-refractivity contribution is -0.121. The van der Waals surface area contributed by atoms with Crippen LogP contribution in [0, 0.1) is 0 Å². The smallest absolute Gasteiger partial charge is 0.291 e. The van der Waals surface area contributed by atoms with Crippen LogP contribution in [0.15, 0.2) is 73.7 Å². The molecule has 24 nitrogen and oxygen atoms in total. The van der Waals surface area contributed by atoms with Crippen molar-refractivity contribution >= 4 is 75.7 Å². The van der Waals surface area contributed by atoms with Gasteiger partial charge in [-0.05, 0) is 57.4 Å². The number of hydrogen-bond donors (Lipinski definition) is 9. The minimum Gasteiger partial charge on any atom is -0.356 e. The van der Waals surface area contributed by atoms with Crippen molar-refractivity contribution in [2.75, 3.05) is 66.9 Å². The number of rotatable bonds is 20. The molecule has 24 heteroatoms. The Kier molecular flexibility index (Phi) is 15.5. The Labute approximate surface area is 389 Å². The third-order valence-electron chi connectivity index (χ3n) is 10.4. The van der Waals surface area contributed by atoms with E-state index in [1.807, 2.05) is 19.0 Å². The van der Waals surface area contributed by atoms with Crippen molar-refractivity contribution in [1.82, 2.24) is 53.7 Å². The highest BCUT2D eigenvalue weighted by molar-refractivity contribution is 6.09. The van der Waals surface area contributed by atoms with E-state index in [1.165, 1.54) is 68.8 Å². The molecule has 0 saturated carbocycles. The third-order valence-corrected chi connectivity index (χ3v) is 10.4. The van der Waals surface area contributed by atoms with Gasteiger partial charge in [0.15, 0.2) is 5.82 Å². The Morgan fingerprint density at radius 3 is 1.54 bits per heavy atom. The first-order valence-corrected chi connectivity index (χ1v) is 21.2. The molecule has 6 rings (SSSR count). The summed E-state index contributed by atoms with van der Waals surface area (Å²) in [6.07, 6.45) is 11.7. The average Bonchev–Trinajstić information content (AvgIpc) is 4.15. The van der Waals surface area contributed by atoms with Crippen LogP contribution in [0.5, 0.6) is 0 Å². The number of amides is 8. The second kappa shape index (κ2) is 21.5. The summed E-state index contributed by atoms with van der Waals surface area (Å²) in [6, 6.07) is 7.33. The molecule has 0 bridgehead atoms. The molecule has 0 radical (unpaired) electrons. The van der Waals surface area contributed by atoms with Crippen LogP contribution in [0.25, 0.3) is 0 Å². The van der Waals surface area contributed by atoms with Gasteiger partial charge in [-0.3, -0.25) is 38.4 Å². The maximum Gasteiger partial charge on any atom is 0.291 e. The van der Waals surface area contributed by atoms with Crippen molar-refractivity contribution in [3.63, 3.8) is 0 Å². The Hall–Kier alpha value is -8.67. The third kappa shape index (κ3) is 12.6. The van der Waals surface area contributed by atoms with E-state index in [9.17, 15) is 38.4 Å². The van der Waals surface area contributed by atoms with Gasteiger partial charge >= 0.3 is 0 Å². The van der Waals surface area contributed by atoms with Gasteiger partial charge in [-0.1, -0.05) is 0 Å². The van der Waals surface area contributed by atoms with Crippen molar-refractivity contribution in [2.45, 2.75) is 12.8 Å². The predicted octanol–water partition coefficient (Wildman–Crippen LogP) is 1.67. The van der Waals surface area contributed by atoms with Crippen molar-refractivity contribution in [1.29, 1.82) is 0 Å². The van der Waals surface area contributed by atoms with E-state index in [2.05, 4.69) is 52.5 Å². The maximum absolute atomic E-state index is 13.2. The van der Waals surface area contributed by atoms with Gasteiger partial charge < -0.3 is 75.3 Å². The van der Waals surface area contributed by atoms with Crippen LogP contribution in [0.2, 0.25) is 0 Å². The van der Waals surface area contributed by atoms with Gasteiger partial charge in [0.1, 0.15) is 28.5 Å². The van der Waals surface area contributed by atoms with E-state index in [1.54, 1.807) is 63.0 Å². The molecule has 9 N–H and O–H groups in total. The second-order valence-electron chi connectivity index (χ2n) is 16.1. The number of carbonyl (C=O) groups is 8. The summed E-state index contributed by atoms with van der Waals surface area (Å²) in [5.74, 6) is -3.56. The predicted molar refractivity (Wildman–Crippen MR) is 252 cm³/mol. The van der Waals surface area contributed by atoms with Gasteiger partial charge in [0.05, 0.1) is 35.0 Å². The summed E-state index contributed by atoms with van der Waals surface area (Å²) >= 11 is 0. The fourth-order valence-corrected chi connectivity index (χ4v) is 6.94. The van der Waals surface area contributed by atoms with Crippen molar-refractivity contribution in [2.24, 2.45) is 35.2 Å². The first-order valence-electron chi connectivity index (χ1n) is 21.2. The zero-order chi connectivity index (χ0) is 49.2. The van der Waals surface area contributed by atoms with E-state index in [0.717, 1.165) is 13.0 Å². The van der Waals surface area contributed by atoms with Gasteiger partial charge in [-0.15, -0.1) is 0 Å². The number of hydrogen-bond acceptors (Lipinski definition) is 10. The molecule has 8 amide bonds. The number of aromatic amines is 1. The van der Waals surface area contributed by atoms with Crippen LogP contribution in [-0.4, -0.2) is 125 Å². The van der Waals surface area contributed by atoms with Crippen LogP contribution >= 0.6 is 0 Å². The fraction of sp³-hybridized carbons (Fsp3) is 0.295. The average molecular weight is 935 g/mol. The lowest BCUT2D eigenvalue weighted by Crippen LogP contribution is -2.33. The van der Waals surface area contributed by atoms with Gasteiger partial charge in [-0.25, -0.2) is 4.98 Å². The van der Waals surface area contributed by atoms with Crippen LogP contribution in [0.3, 0.4) is 0 Å². The zero-order valence-corrected chi connectivity index (χ0v) is 38.6. The van der Waals surface area contributed by atoms with E-state index < -0.39 is 47.9 Å². The largest absolute Gasteiger partial charge is 0.356 e. The van der Waals surface area contributed by atoms with Gasteiger partial charge in [0.25, 0.3) is 35.4 Å². The first-order chi connectivity index (χ1) is 32.3. The molecule has 6 heterocycles. The summed E-state index contributed by atoms with van der Waals surface area (Å²) in [4.78, 5) is 112. The van der Waals surface area contributed by atoms with Gasteiger partial charge in [0.2, 0.25) is 11.8 Å². The van der Waals surface area contributed by atoms with Crippen LogP contribution < -0.4 is 42.5 Å². The molecular formula is C44H54N16O8. The fourth-order valence-electron chi connectivity index (χ4n) is 6.94. The van der Waals surface area contributed by atoms with Crippen LogP contribution in [0.4, 0.5) is 28.4 Å². The quantitative estimate of drug-likeness (QED) is 0.0499. The minimum absolute atomic E-state index is 0.122. The zero-order valence-electron chi connectivity index (χ0n) is 38.6. The number of imidazole rings is 1. The number of nitrogens with one attached hydrogen (secondary N) is 9. The highest BCUT2D eigenvalue weighted by atomic mass is 16.2. The summed E-state index contributed by atoms with van der Waals surface area (Å²) in [5.41, 5.74) is 2.56. The number of aryl methyl sites for hydroxylation is 5. The lowest BCUT2D eigenvalue weighted by atomic mass is 10.3. The molecule has 0 spiro atoms. The number of aromatic nitrogens is 7. The summed E-state index contributed by atoms with van der Waals surface area (Å²) in [7, 11) is 12.1. The standard InChI is InChI=1S/C44H54N16O8/c1-55(2)13-8-10-45-36(61)9-11-47-40(64)32-17-28(23-57(32)4)52-39(63)31-15-26(20-48-31)51-42(66)34-16-27(22-59(34)6)50-37(62)21-49-41(65)33-18-29(24-58(33)5)53-43(67)35-19-30(25-60(35)7)54-44(68)38-46-12-14-56(38)3/h12,14-20,22-25,48H,8-11,13,21H2,1-7H3,(H,45,61)(H,47,64)(H,49,65)(H,50,62)(H,51,66)(H,52,63)(H,53,67)(H,54,68). The lowest BCUT2D eigenvalue weighted by Gasteiger charge is -2.10. The van der Waals surface area contributed by atoms with Crippen molar-refractivity contribution in [3.8, 4) is 0 Å². The Bertz CT molecular complexity index is 2870. The van der Waals surface area contributed by atoms with Gasteiger partial charge in [0, 0.05) is 98.1 Å². The minimum atomic E-state index is -0.592. The molecule has 0 fully saturated rings. The summed E-state index contributed by atoms with van der Waals surface area (Å²) in [6.45, 7) is 1.13. The summed E-state index contributed by atoms with van der Waals surface area (Å²) < 4.78 is 7.62. The van der Waals surface area contributed by atoms with Crippen molar-refractivity contribution in [3.05, 3.63) is 108 Å². The Morgan fingerprint density at radius 2 is 1.01 bits per heavy atom. The first kappa shape index (κ1) is 48.8. The molecule has 0 unspecified atom stereocenters. The normalized spacial score (nSPS) is 10.9. The summed E-state index contributed by atoms with van der Waals surface area (Å²) in [5, 5.41) is 21.6. The second-order valence-corrected chi connectivity index (χ2v) is 16.1. The topological polar surface area (TPSA) is 289 Å². The van der Waals surface area contributed by atoms with E-state index in [4.69, 9.17) is 0 Å². The number of carbonyl (C=O) groups excluding carboxylic acids is 8. The molecule has 68 heavy (non-hydrogen) atoms. The molecule has 6 aromatic rings. The molecule has 358 valence electrons. The SMILES string of the molecule is CN(C)CCCNC(=O)CCNC(=O)c1cc(NC(=O)c2cc(NC(=O)c3cc(NC(=O)CNC(=O)c4cc(NC(=O)c5cc(NC(=O)c6nccn6C)cn5C)cn4C)cn3C)c[nH]2)cn1C. The highest BCUT2D eigenvalue weighted by Gasteiger charge is 2.21. The van der Waals surface area contributed by atoms with Gasteiger partial charge in [-0.2, -0.15) is 0 Å². The van der Waals surface area contributed by atoms with E-state index in [0.29, 0.717) is 23.6 Å². The van der Waals surface area contributed by atoms with Crippen molar-refractivity contribution < 1.29 is 38.4 Å². The molecule has 0 aliphatic heterocycles. The van der Waals surface area contributed by atoms with Crippen LogP contribution in [0.1, 0.15) is 75.9 Å². The molecule has 0 aromatic carbocycles. The molecule has 0 atom stereocenters. The van der Waals surface area contributed by atoms with Crippen LogP contribution in [-0.2, 0) is 44.8 Å². The van der Waals surface area contributed by atoms with E-state index in [-0.39, 0.29) is 64.5 Å². The molecule has 0 aliphatic carbocycles. The molecule has 0 aliphatic rings. The molecule has 0 saturated heterocycles. The Morgan fingerprint density at radius 1 is 0.529 bits per heavy atom. The number of nitrogens with zero attached hydrogens (tertiary/aromatic N) is 7. The highest BCUT2D eigenvalue weighted by Crippen LogP contribution is 2.20. The monoisotopic (exact) mass is 934 g/mol. The molecular weight excluding hydrogens is 881 g/mol. The maximum atomic E-state index is 13.2. The van der Waals surface area contributed by atoms with E-state index >= 15 is 0 Å². The molecule has 6 aromatic heterocycles. The number of anilines is 5. The number of H-pyrrole nitrogens is 1. The Balaban J connectivity index is 0.937.